The van der Waals surface area contributed by atoms with E-state index in [0.29, 0.717) is 19.4 Å². The minimum atomic E-state index is -0.582. The molecule has 0 aromatic carbocycles. The highest BCUT2D eigenvalue weighted by molar-refractivity contribution is 5.76. The predicted octanol–water partition coefficient (Wildman–Crippen LogP) is 1.26. The normalized spacial score (nSPS) is 24.0. The van der Waals surface area contributed by atoms with Gasteiger partial charge in [0.2, 0.25) is 5.91 Å². The number of rotatable bonds is 6. The van der Waals surface area contributed by atoms with Gasteiger partial charge in [-0.15, -0.1) is 0 Å². The maximum absolute atomic E-state index is 12.6. The van der Waals surface area contributed by atoms with Crippen LogP contribution in [-0.4, -0.2) is 59.4 Å². The van der Waals surface area contributed by atoms with Gasteiger partial charge in [-0.25, -0.2) is 9.97 Å². The zero-order valence-corrected chi connectivity index (χ0v) is 14.6. The summed E-state index contributed by atoms with van der Waals surface area (Å²) in [6.45, 7) is 0.671. The molecule has 1 N–H and O–H groups in total. The first-order valence-corrected chi connectivity index (χ1v) is 8.90. The zero-order valence-electron chi connectivity index (χ0n) is 14.6. The molecule has 0 radical (unpaired) electrons. The third kappa shape index (κ3) is 4.25. The number of nitrogens with zero attached hydrogens (tertiary/aromatic N) is 6. The molecule has 2 heterocycles. The molecule has 8 heteroatoms. The van der Waals surface area contributed by atoms with Crippen molar-refractivity contribution in [2.24, 2.45) is 0 Å². The van der Waals surface area contributed by atoms with Crippen LogP contribution in [0.2, 0.25) is 0 Å². The van der Waals surface area contributed by atoms with E-state index in [4.69, 9.17) is 0 Å². The van der Waals surface area contributed by atoms with Crippen LogP contribution in [0.15, 0.2) is 31.4 Å². The second kappa shape index (κ2) is 8.24. The summed E-state index contributed by atoms with van der Waals surface area (Å²) in [5.41, 5.74) is 0. The van der Waals surface area contributed by atoms with E-state index in [1.807, 2.05) is 17.8 Å². The van der Waals surface area contributed by atoms with Crippen LogP contribution in [0.1, 0.15) is 44.6 Å². The van der Waals surface area contributed by atoms with Crippen LogP contribution in [0.5, 0.6) is 0 Å². The lowest BCUT2D eigenvalue weighted by atomic mass is 10.00. The van der Waals surface area contributed by atoms with Crippen LogP contribution in [0.3, 0.4) is 0 Å². The largest absolute Gasteiger partial charge is 0.389 e. The third-order valence-corrected chi connectivity index (χ3v) is 5.08. The predicted molar refractivity (Wildman–Crippen MR) is 91.6 cm³/mol. The molecular weight excluding hydrogens is 320 g/mol. The molecule has 2 aromatic heterocycles. The van der Waals surface area contributed by atoms with Crippen molar-refractivity contribution in [2.45, 2.75) is 63.3 Å². The number of aryl methyl sites for hydroxylation is 1. The second-order valence-electron chi connectivity index (χ2n) is 6.69. The van der Waals surface area contributed by atoms with Gasteiger partial charge in [-0.2, -0.15) is 5.10 Å². The molecule has 1 fully saturated rings. The lowest BCUT2D eigenvalue weighted by Crippen LogP contribution is -2.47. The number of aliphatic hydroxyl groups excluding tert-OH is 1. The number of amides is 1. The fourth-order valence-electron chi connectivity index (χ4n) is 3.62. The van der Waals surface area contributed by atoms with Crippen molar-refractivity contribution in [1.82, 2.24) is 29.2 Å². The molecule has 0 aliphatic heterocycles. The topological polar surface area (TPSA) is 89.1 Å². The van der Waals surface area contributed by atoms with Crippen molar-refractivity contribution < 1.29 is 9.90 Å². The molecule has 8 nitrogen and oxygen atoms in total. The van der Waals surface area contributed by atoms with Crippen molar-refractivity contribution in [2.75, 3.05) is 7.05 Å². The summed E-state index contributed by atoms with van der Waals surface area (Å²) in [6, 6.07) is -0.186. The molecule has 25 heavy (non-hydrogen) atoms. The lowest BCUT2D eigenvalue weighted by molar-refractivity contribution is -0.135. The summed E-state index contributed by atoms with van der Waals surface area (Å²) in [5, 5.41) is 15.0. The molecule has 3 rings (SSSR count). The molecule has 3 atom stereocenters. The lowest BCUT2D eigenvalue weighted by Gasteiger charge is -2.34. The fraction of sp³-hybridized carbons (Fsp3) is 0.647. The Balaban J connectivity index is 1.58. The quantitative estimate of drug-likeness (QED) is 0.796. The van der Waals surface area contributed by atoms with E-state index in [2.05, 4.69) is 15.1 Å². The molecule has 0 unspecified atom stereocenters. The van der Waals surface area contributed by atoms with Gasteiger partial charge >= 0.3 is 0 Å². The average molecular weight is 346 g/mol. The van der Waals surface area contributed by atoms with Gasteiger partial charge in [0.05, 0.1) is 24.5 Å². The Hall–Kier alpha value is -2.22. The first-order chi connectivity index (χ1) is 12.2. The van der Waals surface area contributed by atoms with E-state index < -0.39 is 6.10 Å². The highest BCUT2D eigenvalue weighted by Gasteiger charge is 2.34. The molecule has 1 amide bonds. The highest BCUT2D eigenvalue weighted by Crippen LogP contribution is 2.30. The van der Waals surface area contributed by atoms with Crippen LogP contribution in [0, 0.1) is 0 Å². The fourth-order valence-corrected chi connectivity index (χ4v) is 3.62. The molecule has 0 bridgehead atoms. The van der Waals surface area contributed by atoms with Crippen LogP contribution in [0.4, 0.5) is 0 Å². The Morgan fingerprint density at radius 2 is 2.12 bits per heavy atom. The van der Waals surface area contributed by atoms with E-state index in [0.717, 1.165) is 25.7 Å². The van der Waals surface area contributed by atoms with E-state index in [9.17, 15) is 9.90 Å². The summed E-state index contributed by atoms with van der Waals surface area (Å²) >= 11 is 0. The molecule has 1 aliphatic carbocycles. The summed E-state index contributed by atoms with van der Waals surface area (Å²) in [6.07, 6.45) is 12.9. The number of carbonyl (C=O) groups excluding carboxylic acids is 1. The molecule has 2 aromatic rings. The van der Waals surface area contributed by atoms with E-state index in [1.165, 1.54) is 6.33 Å². The molecule has 0 saturated heterocycles. The SMILES string of the molecule is CN(C(=O)CCCn1cncn1)[C@@H]1CCCC[C@@H](n2ccnc2)[C@@H]1O. The molecular formula is C17H26N6O2. The number of aromatic nitrogens is 5. The first kappa shape index (κ1) is 17.6. The highest BCUT2D eigenvalue weighted by atomic mass is 16.3. The Kier molecular flexibility index (Phi) is 5.80. The molecule has 136 valence electrons. The first-order valence-electron chi connectivity index (χ1n) is 8.90. The smallest absolute Gasteiger partial charge is 0.222 e. The van der Waals surface area contributed by atoms with Gasteiger partial charge in [-0.3, -0.25) is 9.48 Å². The summed E-state index contributed by atoms with van der Waals surface area (Å²) < 4.78 is 3.69. The Bertz CT molecular complexity index is 642. The van der Waals surface area contributed by atoms with E-state index in [-0.39, 0.29) is 18.0 Å². The van der Waals surface area contributed by atoms with Gasteiger partial charge in [0.25, 0.3) is 0 Å². The van der Waals surface area contributed by atoms with E-state index in [1.54, 1.807) is 28.4 Å². The zero-order chi connectivity index (χ0) is 17.6. The number of imidazole rings is 1. The van der Waals surface area contributed by atoms with Crippen LogP contribution < -0.4 is 0 Å². The Morgan fingerprint density at radius 3 is 2.84 bits per heavy atom. The number of carbonyl (C=O) groups is 1. The number of hydrogen-bond donors (Lipinski definition) is 1. The Labute approximate surface area is 147 Å². The van der Waals surface area contributed by atoms with Crippen molar-refractivity contribution in [3.05, 3.63) is 31.4 Å². The molecule has 0 spiro atoms. The van der Waals surface area contributed by atoms with Gasteiger partial charge in [0.1, 0.15) is 12.7 Å². The third-order valence-electron chi connectivity index (χ3n) is 5.08. The average Bonchev–Trinajstić information content (AvgIpc) is 3.28. The standard InChI is InChI=1S/C17H26N6O2/c1-21(16(24)7-4-9-23-13-19-11-20-23)14-5-2-3-6-15(17(14)25)22-10-8-18-12-22/h8,10-15,17,25H,2-7,9H2,1H3/t14-,15-,17-/m1/s1. The summed E-state index contributed by atoms with van der Waals surface area (Å²) in [7, 11) is 1.81. The number of aliphatic hydroxyl groups is 1. The van der Waals surface area contributed by atoms with Gasteiger partial charge in [-0.1, -0.05) is 12.8 Å². The minimum Gasteiger partial charge on any atom is -0.389 e. The van der Waals surface area contributed by atoms with Gasteiger partial charge < -0.3 is 14.6 Å². The number of likely N-dealkylation sites (N-methyl/N-ethyl adjacent to an activating group) is 1. The minimum absolute atomic E-state index is 0.0274. The van der Waals surface area contributed by atoms with Crippen molar-refractivity contribution >= 4 is 5.91 Å². The summed E-state index contributed by atoms with van der Waals surface area (Å²) in [5.74, 6) is 0.0652. The van der Waals surface area contributed by atoms with Crippen LogP contribution in [-0.2, 0) is 11.3 Å². The molecule has 1 aliphatic rings. The number of hydrogen-bond acceptors (Lipinski definition) is 5. The van der Waals surface area contributed by atoms with Crippen LogP contribution >= 0.6 is 0 Å². The van der Waals surface area contributed by atoms with Crippen LogP contribution in [0.25, 0.3) is 0 Å². The van der Waals surface area contributed by atoms with Gasteiger partial charge in [-0.05, 0) is 19.3 Å². The monoisotopic (exact) mass is 346 g/mol. The van der Waals surface area contributed by atoms with Crippen molar-refractivity contribution in [3.63, 3.8) is 0 Å². The van der Waals surface area contributed by atoms with Crippen molar-refractivity contribution in [1.29, 1.82) is 0 Å². The maximum atomic E-state index is 12.6. The van der Waals surface area contributed by atoms with Crippen molar-refractivity contribution in [3.8, 4) is 0 Å². The van der Waals surface area contributed by atoms with Gasteiger partial charge in [0, 0.05) is 32.4 Å². The second-order valence-corrected chi connectivity index (χ2v) is 6.69. The van der Waals surface area contributed by atoms with Gasteiger partial charge in [0.15, 0.2) is 0 Å². The maximum Gasteiger partial charge on any atom is 0.222 e. The summed E-state index contributed by atoms with van der Waals surface area (Å²) in [4.78, 5) is 22.3. The Morgan fingerprint density at radius 1 is 1.28 bits per heavy atom. The molecule has 1 saturated carbocycles. The van der Waals surface area contributed by atoms with E-state index >= 15 is 0 Å².